The predicted molar refractivity (Wildman–Crippen MR) is 149 cm³/mol. The lowest BCUT2D eigenvalue weighted by molar-refractivity contribution is 0.0732. The number of carbonyl (C=O) groups excluding carboxylic acids is 1. The number of likely N-dealkylation sites (tertiary alicyclic amines) is 1. The average molecular weight is 577 g/mol. The minimum absolute atomic E-state index is 0.0267. The molecule has 0 amide bonds. The third kappa shape index (κ3) is 6.16. The van der Waals surface area contributed by atoms with Gasteiger partial charge in [0.1, 0.15) is 11.5 Å². The van der Waals surface area contributed by atoms with Crippen molar-refractivity contribution in [3.63, 3.8) is 0 Å². The van der Waals surface area contributed by atoms with Gasteiger partial charge in [-0.25, -0.2) is 12.7 Å². The third-order valence-electron chi connectivity index (χ3n) is 7.12. The predicted octanol–water partition coefficient (Wildman–Crippen LogP) is 4.78. The van der Waals surface area contributed by atoms with Gasteiger partial charge in [0.2, 0.25) is 10.0 Å². The normalized spacial score (nSPS) is 20.5. The Balaban J connectivity index is 1.84. The summed E-state index contributed by atoms with van der Waals surface area (Å²) >= 11 is 13.1. The van der Waals surface area contributed by atoms with Crippen molar-refractivity contribution < 1.29 is 23.4 Å². The lowest BCUT2D eigenvalue weighted by atomic mass is 9.68. The first-order valence-electron chi connectivity index (χ1n) is 12.1. The Labute approximate surface area is 233 Å². The van der Waals surface area contributed by atoms with Crippen molar-refractivity contribution in [1.29, 1.82) is 0 Å². The maximum absolute atomic E-state index is 14.0. The monoisotopic (exact) mass is 575 g/mol. The molecule has 2 N–H and O–H groups in total. The first-order chi connectivity index (χ1) is 18.0. The van der Waals surface area contributed by atoms with Crippen molar-refractivity contribution in [2.45, 2.75) is 11.8 Å². The van der Waals surface area contributed by atoms with Gasteiger partial charge in [-0.05, 0) is 35.9 Å². The van der Waals surface area contributed by atoms with Crippen molar-refractivity contribution in [2.24, 2.45) is 5.92 Å². The van der Waals surface area contributed by atoms with Crippen LogP contribution in [-0.4, -0.2) is 73.1 Å². The van der Waals surface area contributed by atoms with Gasteiger partial charge in [-0.3, -0.25) is 4.79 Å². The van der Waals surface area contributed by atoms with Crippen LogP contribution in [0.5, 0.6) is 11.5 Å². The summed E-state index contributed by atoms with van der Waals surface area (Å²) in [6.07, 6.45) is 1.15. The molecule has 1 aliphatic rings. The van der Waals surface area contributed by atoms with Crippen LogP contribution in [0.15, 0.2) is 60.7 Å². The Morgan fingerprint density at radius 3 is 2.53 bits per heavy atom. The topological polar surface area (TPSA) is 98.2 Å². The highest BCUT2D eigenvalue weighted by atomic mass is 35.5. The number of phenols is 2. The number of hydrogen-bond acceptors (Lipinski definition) is 6. The van der Waals surface area contributed by atoms with Gasteiger partial charge < -0.3 is 15.1 Å². The fourth-order valence-electron chi connectivity index (χ4n) is 5.11. The van der Waals surface area contributed by atoms with E-state index in [1.54, 1.807) is 42.5 Å². The molecule has 0 aliphatic carbocycles. The SMILES string of the molecule is CN(CCN1C[C@H](C(=O)c2cccc(O)c2)[C@H](c2cccc(Cl)c2Cl)[C@@H](c2[c]cccc2O)C1)S(C)(=O)=O. The number of phenolic OH excluding ortho intramolecular Hbond substituents is 2. The summed E-state index contributed by atoms with van der Waals surface area (Å²) < 4.78 is 25.3. The lowest BCUT2D eigenvalue weighted by Gasteiger charge is -2.44. The summed E-state index contributed by atoms with van der Waals surface area (Å²) in [6.45, 7) is 1.33. The van der Waals surface area contributed by atoms with Crippen LogP contribution in [0.4, 0.5) is 0 Å². The van der Waals surface area contributed by atoms with Crippen LogP contribution in [0.2, 0.25) is 10.0 Å². The molecule has 1 aliphatic heterocycles. The van der Waals surface area contributed by atoms with Crippen molar-refractivity contribution >= 4 is 39.0 Å². The first-order valence-corrected chi connectivity index (χ1v) is 14.7. The highest BCUT2D eigenvalue weighted by molar-refractivity contribution is 7.88. The minimum Gasteiger partial charge on any atom is -0.508 e. The first kappa shape index (κ1) is 28.4. The van der Waals surface area contributed by atoms with E-state index in [0.717, 1.165) is 6.26 Å². The second-order valence-electron chi connectivity index (χ2n) is 9.61. The number of Topliss-reactive ketones (excluding diaryl/α,β-unsaturated/α-hetero) is 1. The number of aromatic hydroxyl groups is 2. The van der Waals surface area contributed by atoms with E-state index in [0.29, 0.717) is 46.4 Å². The Morgan fingerprint density at radius 1 is 1.11 bits per heavy atom. The van der Waals surface area contributed by atoms with Crippen molar-refractivity contribution in [2.75, 3.05) is 39.5 Å². The maximum Gasteiger partial charge on any atom is 0.210 e. The van der Waals surface area contributed by atoms with E-state index in [1.807, 2.05) is 11.0 Å². The molecule has 0 bridgehead atoms. The maximum atomic E-state index is 14.0. The molecule has 3 aromatic rings. The number of ketones is 1. The van der Waals surface area contributed by atoms with Gasteiger partial charge in [-0.15, -0.1) is 0 Å². The van der Waals surface area contributed by atoms with Gasteiger partial charge in [0, 0.05) is 62.1 Å². The molecule has 4 rings (SSSR count). The molecule has 3 aromatic carbocycles. The highest BCUT2D eigenvalue weighted by Crippen LogP contribution is 2.49. The van der Waals surface area contributed by atoms with Crippen molar-refractivity contribution in [1.82, 2.24) is 9.21 Å². The molecule has 3 atom stereocenters. The van der Waals surface area contributed by atoms with E-state index in [1.165, 1.54) is 23.5 Å². The standard InChI is InChI=1S/C28H29Cl2N2O5S/c1-31(38(2,36)37)13-14-32-16-22(20-9-3-4-12-25(20)34)26(21-10-6-11-24(29)27(21)30)23(17-32)28(35)18-7-5-8-19(33)15-18/h3-8,10-12,15,22-23,26,33-34H,13-14,16-17H2,1-2H3/t22-,23+,26-/m1/s1. The van der Waals surface area contributed by atoms with E-state index in [9.17, 15) is 23.4 Å². The molecule has 1 fully saturated rings. The van der Waals surface area contributed by atoms with Crippen LogP contribution in [0, 0.1) is 12.0 Å². The number of benzene rings is 3. The van der Waals surface area contributed by atoms with Crippen LogP contribution < -0.4 is 0 Å². The van der Waals surface area contributed by atoms with Gasteiger partial charge in [-0.1, -0.05) is 59.6 Å². The molecule has 38 heavy (non-hydrogen) atoms. The minimum atomic E-state index is -3.38. The second kappa shape index (κ2) is 11.6. The summed E-state index contributed by atoms with van der Waals surface area (Å²) in [7, 11) is -1.87. The summed E-state index contributed by atoms with van der Waals surface area (Å²) in [4.78, 5) is 16.1. The fraction of sp³-hybridized carbons (Fsp3) is 0.321. The molecule has 1 saturated heterocycles. The Bertz CT molecular complexity index is 1430. The van der Waals surface area contributed by atoms with Crippen LogP contribution >= 0.6 is 23.2 Å². The Morgan fingerprint density at radius 2 is 1.84 bits per heavy atom. The number of halogens is 2. The van der Waals surface area contributed by atoms with Crippen LogP contribution in [-0.2, 0) is 10.0 Å². The van der Waals surface area contributed by atoms with E-state index < -0.39 is 27.8 Å². The Hall–Kier alpha value is -2.62. The molecule has 7 nitrogen and oxygen atoms in total. The summed E-state index contributed by atoms with van der Waals surface area (Å²) in [6, 6.07) is 19.6. The molecule has 0 unspecified atom stereocenters. The van der Waals surface area contributed by atoms with E-state index in [4.69, 9.17) is 23.2 Å². The van der Waals surface area contributed by atoms with Crippen molar-refractivity contribution in [3.05, 3.63) is 93.5 Å². The zero-order chi connectivity index (χ0) is 27.6. The quantitative estimate of drug-likeness (QED) is 0.375. The second-order valence-corrected chi connectivity index (χ2v) is 12.5. The molecule has 0 aromatic heterocycles. The zero-order valence-electron chi connectivity index (χ0n) is 21.0. The molecule has 0 saturated carbocycles. The number of likely N-dealkylation sites (N-methyl/N-ethyl adjacent to an activating group) is 1. The van der Waals surface area contributed by atoms with Crippen LogP contribution in [0.3, 0.4) is 0 Å². The smallest absolute Gasteiger partial charge is 0.210 e. The zero-order valence-corrected chi connectivity index (χ0v) is 23.3. The number of rotatable bonds is 8. The molecule has 10 heteroatoms. The van der Waals surface area contributed by atoms with Gasteiger partial charge in [0.15, 0.2) is 5.78 Å². The fourth-order valence-corrected chi connectivity index (χ4v) is 5.96. The largest absolute Gasteiger partial charge is 0.508 e. The lowest BCUT2D eigenvalue weighted by Crippen LogP contribution is -2.49. The molecular weight excluding hydrogens is 547 g/mol. The summed E-state index contributed by atoms with van der Waals surface area (Å²) in [5, 5.41) is 21.6. The highest BCUT2D eigenvalue weighted by Gasteiger charge is 2.44. The molecule has 0 spiro atoms. The molecule has 1 radical (unpaired) electrons. The van der Waals surface area contributed by atoms with E-state index in [-0.39, 0.29) is 23.8 Å². The average Bonchev–Trinajstić information content (AvgIpc) is 2.88. The number of carbonyl (C=O) groups is 1. The van der Waals surface area contributed by atoms with Gasteiger partial charge in [-0.2, -0.15) is 0 Å². The third-order valence-corrected chi connectivity index (χ3v) is 9.27. The summed E-state index contributed by atoms with van der Waals surface area (Å²) in [5.41, 5.74) is 1.55. The Kier molecular flexibility index (Phi) is 8.69. The van der Waals surface area contributed by atoms with Gasteiger partial charge in [0.25, 0.3) is 0 Å². The van der Waals surface area contributed by atoms with Crippen molar-refractivity contribution in [3.8, 4) is 11.5 Å². The van der Waals surface area contributed by atoms with Crippen LogP contribution in [0.25, 0.3) is 0 Å². The van der Waals surface area contributed by atoms with E-state index >= 15 is 0 Å². The number of sulfonamides is 1. The molecule has 1 heterocycles. The van der Waals surface area contributed by atoms with Gasteiger partial charge >= 0.3 is 0 Å². The molecular formula is C28H29Cl2N2O5S. The number of nitrogens with zero attached hydrogens (tertiary/aromatic N) is 2. The van der Waals surface area contributed by atoms with Gasteiger partial charge in [0.05, 0.1) is 16.3 Å². The number of hydrogen-bond donors (Lipinski definition) is 2. The van der Waals surface area contributed by atoms with Crippen LogP contribution in [0.1, 0.15) is 33.3 Å². The number of piperidine rings is 1. The molecule has 201 valence electrons. The van der Waals surface area contributed by atoms with E-state index in [2.05, 4.69) is 6.07 Å². The summed E-state index contributed by atoms with van der Waals surface area (Å²) in [5.74, 6) is -1.74.